The Labute approximate surface area is 112 Å². The van der Waals surface area contributed by atoms with Crippen molar-refractivity contribution in [1.82, 2.24) is 5.32 Å². The maximum Gasteiger partial charge on any atom is 0.141 e. The van der Waals surface area contributed by atoms with Gasteiger partial charge in [0.15, 0.2) is 0 Å². The van der Waals surface area contributed by atoms with Crippen molar-refractivity contribution < 1.29 is 9.47 Å². The van der Waals surface area contributed by atoms with E-state index in [9.17, 15) is 5.26 Å². The van der Waals surface area contributed by atoms with Gasteiger partial charge in [-0.25, -0.2) is 0 Å². The van der Waals surface area contributed by atoms with Crippen LogP contribution in [0.5, 0.6) is 11.5 Å². The van der Waals surface area contributed by atoms with E-state index in [2.05, 4.69) is 11.4 Å². The van der Waals surface area contributed by atoms with E-state index in [-0.39, 0.29) is 0 Å². The molecule has 0 aromatic heterocycles. The molecule has 1 aromatic carbocycles. The van der Waals surface area contributed by atoms with E-state index in [4.69, 9.17) is 9.47 Å². The molecule has 4 heteroatoms. The summed E-state index contributed by atoms with van der Waals surface area (Å²) in [4.78, 5) is 0. The van der Waals surface area contributed by atoms with Crippen molar-refractivity contribution in [1.29, 1.82) is 5.26 Å². The maximum absolute atomic E-state index is 9.38. The van der Waals surface area contributed by atoms with Crippen molar-refractivity contribution in [2.45, 2.75) is 38.3 Å². The van der Waals surface area contributed by atoms with Crippen LogP contribution in [-0.4, -0.2) is 19.3 Å². The second-order valence-electron chi connectivity index (χ2n) is 5.43. The van der Waals surface area contributed by atoms with Crippen LogP contribution in [0.15, 0.2) is 0 Å². The number of fused-ring (bicyclic) bond motifs is 2. The number of hydrogen-bond acceptors (Lipinski definition) is 4. The molecule has 1 N–H and O–H groups in total. The molecule has 1 fully saturated rings. The molecule has 1 aromatic rings. The standard InChI is InChI=1S/C15H16N2O2/c16-7-12-10-3-5-19-15(10)13(8-17-9-1-2-9)11-4-6-18-14(11)12/h9,17H,1-6,8H2. The molecule has 2 heterocycles. The Hall–Kier alpha value is -1.73. The van der Waals surface area contributed by atoms with Gasteiger partial charge < -0.3 is 14.8 Å². The Morgan fingerprint density at radius 2 is 1.84 bits per heavy atom. The Balaban J connectivity index is 1.82. The van der Waals surface area contributed by atoms with E-state index < -0.39 is 0 Å². The van der Waals surface area contributed by atoms with E-state index in [0.29, 0.717) is 24.8 Å². The monoisotopic (exact) mass is 256 g/mol. The number of nitrogens with one attached hydrogen (secondary N) is 1. The molecule has 98 valence electrons. The Bertz CT molecular complexity index is 550. The van der Waals surface area contributed by atoms with Gasteiger partial charge in [0.2, 0.25) is 0 Å². The third-order valence-corrected chi connectivity index (χ3v) is 4.17. The van der Waals surface area contributed by atoms with Crippen molar-refractivity contribution in [2.75, 3.05) is 13.2 Å². The van der Waals surface area contributed by atoms with Gasteiger partial charge in [-0.2, -0.15) is 5.26 Å². The zero-order valence-electron chi connectivity index (χ0n) is 10.8. The first kappa shape index (κ1) is 11.1. The zero-order chi connectivity index (χ0) is 12.8. The molecular formula is C15H16N2O2. The molecule has 0 saturated heterocycles. The summed E-state index contributed by atoms with van der Waals surface area (Å²) in [5.74, 6) is 1.77. The van der Waals surface area contributed by atoms with Crippen molar-refractivity contribution in [3.05, 3.63) is 22.3 Å². The molecule has 0 unspecified atom stereocenters. The molecule has 0 amide bonds. The molecule has 4 nitrogen and oxygen atoms in total. The van der Waals surface area contributed by atoms with Crippen LogP contribution in [0, 0.1) is 11.3 Å². The van der Waals surface area contributed by atoms with Crippen molar-refractivity contribution in [2.24, 2.45) is 0 Å². The highest BCUT2D eigenvalue weighted by atomic mass is 16.5. The van der Waals surface area contributed by atoms with E-state index in [1.54, 1.807) is 0 Å². The minimum absolute atomic E-state index is 0.672. The van der Waals surface area contributed by atoms with Crippen LogP contribution in [-0.2, 0) is 19.4 Å². The highest BCUT2D eigenvalue weighted by molar-refractivity contribution is 5.65. The van der Waals surface area contributed by atoms with Crippen LogP contribution < -0.4 is 14.8 Å². The van der Waals surface area contributed by atoms with Gasteiger partial charge in [0.25, 0.3) is 0 Å². The molecule has 0 spiro atoms. The maximum atomic E-state index is 9.38. The van der Waals surface area contributed by atoms with Gasteiger partial charge in [-0.15, -0.1) is 0 Å². The first-order chi connectivity index (χ1) is 9.38. The number of nitrogens with zero attached hydrogens (tertiary/aromatic N) is 1. The van der Waals surface area contributed by atoms with Crippen molar-refractivity contribution in [3.8, 4) is 17.6 Å². The molecule has 19 heavy (non-hydrogen) atoms. The fourth-order valence-electron chi connectivity index (χ4n) is 3.04. The predicted molar refractivity (Wildman–Crippen MR) is 69.4 cm³/mol. The van der Waals surface area contributed by atoms with Gasteiger partial charge in [-0.05, 0) is 12.8 Å². The zero-order valence-corrected chi connectivity index (χ0v) is 10.8. The number of rotatable bonds is 3. The Morgan fingerprint density at radius 1 is 1.11 bits per heavy atom. The first-order valence-corrected chi connectivity index (χ1v) is 6.98. The molecule has 4 rings (SSSR count). The third kappa shape index (κ3) is 1.69. The second-order valence-corrected chi connectivity index (χ2v) is 5.43. The number of hydrogen-bond donors (Lipinski definition) is 1. The second kappa shape index (κ2) is 4.14. The van der Waals surface area contributed by atoms with E-state index >= 15 is 0 Å². The Morgan fingerprint density at radius 3 is 2.58 bits per heavy atom. The van der Waals surface area contributed by atoms with Gasteiger partial charge >= 0.3 is 0 Å². The molecule has 0 atom stereocenters. The minimum atomic E-state index is 0.672. The van der Waals surface area contributed by atoms with Crippen LogP contribution >= 0.6 is 0 Å². The fourth-order valence-corrected chi connectivity index (χ4v) is 3.04. The van der Waals surface area contributed by atoms with Crippen LogP contribution in [0.1, 0.15) is 35.1 Å². The highest BCUT2D eigenvalue weighted by Crippen LogP contribution is 2.44. The average Bonchev–Trinajstić information content (AvgIpc) is 2.91. The molecule has 3 aliphatic rings. The van der Waals surface area contributed by atoms with E-state index in [1.807, 2.05) is 0 Å². The summed E-state index contributed by atoms with van der Waals surface area (Å²) < 4.78 is 11.5. The molecule has 1 aliphatic carbocycles. The molecule has 0 radical (unpaired) electrons. The number of nitriles is 1. The quantitative estimate of drug-likeness (QED) is 0.894. The summed E-state index contributed by atoms with van der Waals surface area (Å²) in [6, 6.07) is 2.98. The molecule has 2 aliphatic heterocycles. The molecule has 1 saturated carbocycles. The highest BCUT2D eigenvalue weighted by Gasteiger charge is 2.32. The van der Waals surface area contributed by atoms with Gasteiger partial charge in [0.1, 0.15) is 23.1 Å². The fraction of sp³-hybridized carbons (Fsp3) is 0.533. The smallest absolute Gasteiger partial charge is 0.141 e. The normalized spacial score (nSPS) is 19.3. The van der Waals surface area contributed by atoms with Gasteiger partial charge in [-0.3, -0.25) is 0 Å². The lowest BCUT2D eigenvalue weighted by atomic mass is 9.94. The Kier molecular flexibility index (Phi) is 2.42. The number of ether oxygens (including phenoxy) is 2. The summed E-state index contributed by atoms with van der Waals surface area (Å²) in [7, 11) is 0. The van der Waals surface area contributed by atoms with Crippen LogP contribution in [0.3, 0.4) is 0 Å². The number of benzene rings is 1. The van der Waals surface area contributed by atoms with E-state index in [1.165, 1.54) is 24.0 Å². The van der Waals surface area contributed by atoms with Crippen LogP contribution in [0.25, 0.3) is 0 Å². The van der Waals surface area contributed by atoms with Gasteiger partial charge in [-0.1, -0.05) is 0 Å². The van der Waals surface area contributed by atoms with Crippen molar-refractivity contribution >= 4 is 0 Å². The topological polar surface area (TPSA) is 54.3 Å². The minimum Gasteiger partial charge on any atom is -0.493 e. The summed E-state index contributed by atoms with van der Waals surface area (Å²) in [5.41, 5.74) is 4.17. The lowest BCUT2D eigenvalue weighted by molar-refractivity contribution is 0.352. The predicted octanol–water partition coefficient (Wildman–Crippen LogP) is 1.68. The molecule has 0 bridgehead atoms. The lowest BCUT2D eigenvalue weighted by Gasteiger charge is -2.15. The summed E-state index contributed by atoms with van der Waals surface area (Å²) in [6.07, 6.45) is 4.27. The summed E-state index contributed by atoms with van der Waals surface area (Å²) >= 11 is 0. The molecular weight excluding hydrogens is 240 g/mol. The average molecular weight is 256 g/mol. The van der Waals surface area contributed by atoms with Gasteiger partial charge in [0.05, 0.1) is 13.2 Å². The van der Waals surface area contributed by atoms with Crippen molar-refractivity contribution in [3.63, 3.8) is 0 Å². The third-order valence-electron chi connectivity index (χ3n) is 4.17. The summed E-state index contributed by atoms with van der Waals surface area (Å²) in [5, 5.41) is 12.9. The SMILES string of the molecule is N#Cc1c2c(c(CNC3CC3)c3c1OCC3)OCC2. The van der Waals surface area contributed by atoms with Crippen LogP contribution in [0.4, 0.5) is 0 Å². The lowest BCUT2D eigenvalue weighted by Crippen LogP contribution is -2.17. The summed E-state index contributed by atoms with van der Waals surface area (Å²) in [6.45, 7) is 2.21. The van der Waals surface area contributed by atoms with Gasteiger partial charge in [0, 0.05) is 42.1 Å². The van der Waals surface area contributed by atoms with E-state index in [0.717, 1.165) is 36.4 Å². The first-order valence-electron chi connectivity index (χ1n) is 6.98. The van der Waals surface area contributed by atoms with Crippen LogP contribution in [0.2, 0.25) is 0 Å². The largest absolute Gasteiger partial charge is 0.493 e.